The van der Waals surface area contributed by atoms with Gasteiger partial charge in [-0.25, -0.2) is 0 Å². The summed E-state index contributed by atoms with van der Waals surface area (Å²) in [4.78, 5) is 0. The molecular weight excluding hydrogens is 200 g/mol. The molecule has 3 N–H and O–H groups in total. The van der Waals surface area contributed by atoms with E-state index in [1.165, 1.54) is 0 Å². The Morgan fingerprint density at radius 2 is 2.36 bits per heavy atom. The molecule has 3 nitrogen and oxygen atoms in total. The van der Waals surface area contributed by atoms with Gasteiger partial charge in [0, 0.05) is 18.3 Å². The predicted molar refractivity (Wildman–Crippen MR) is 57.8 cm³/mol. The Hall–Kier alpha value is -0.930. The topological polar surface area (TPSA) is 47.3 Å². The summed E-state index contributed by atoms with van der Waals surface area (Å²) in [5, 5.41) is 3.84. The van der Waals surface area contributed by atoms with Crippen molar-refractivity contribution in [3.8, 4) is 5.75 Å². The summed E-state index contributed by atoms with van der Waals surface area (Å²) in [6, 6.07) is 5.29. The Bertz CT molecular complexity index is 324. The van der Waals surface area contributed by atoms with Crippen LogP contribution in [0, 0.1) is 0 Å². The van der Waals surface area contributed by atoms with Crippen LogP contribution in [-0.4, -0.2) is 19.2 Å². The Kier molecular flexibility index (Phi) is 2.79. The van der Waals surface area contributed by atoms with E-state index in [4.69, 9.17) is 22.1 Å². The molecule has 0 unspecified atom stereocenters. The van der Waals surface area contributed by atoms with Gasteiger partial charge in [-0.15, -0.1) is 0 Å². The van der Waals surface area contributed by atoms with Gasteiger partial charge in [-0.3, -0.25) is 0 Å². The number of halogens is 1. The van der Waals surface area contributed by atoms with E-state index >= 15 is 0 Å². The summed E-state index contributed by atoms with van der Waals surface area (Å²) >= 11 is 5.97. The molecule has 14 heavy (non-hydrogen) atoms. The minimum atomic E-state index is 0.217. The monoisotopic (exact) mass is 212 g/mol. The van der Waals surface area contributed by atoms with Gasteiger partial charge < -0.3 is 15.8 Å². The number of anilines is 1. The van der Waals surface area contributed by atoms with Crippen LogP contribution in [-0.2, 0) is 0 Å². The fourth-order valence-corrected chi connectivity index (χ4v) is 1.68. The van der Waals surface area contributed by atoms with Gasteiger partial charge in [0.05, 0.1) is 5.02 Å². The molecule has 1 fully saturated rings. The van der Waals surface area contributed by atoms with Crippen molar-refractivity contribution in [2.75, 3.05) is 18.8 Å². The molecule has 4 heteroatoms. The third-order valence-corrected chi connectivity index (χ3v) is 2.58. The molecule has 1 aromatic carbocycles. The van der Waals surface area contributed by atoms with Crippen LogP contribution < -0.4 is 15.8 Å². The van der Waals surface area contributed by atoms with E-state index in [9.17, 15) is 0 Å². The van der Waals surface area contributed by atoms with Crippen molar-refractivity contribution in [1.82, 2.24) is 5.32 Å². The lowest BCUT2D eigenvalue weighted by atomic mass is 10.3. The van der Waals surface area contributed by atoms with Crippen molar-refractivity contribution in [3.63, 3.8) is 0 Å². The van der Waals surface area contributed by atoms with E-state index in [0.717, 1.165) is 19.5 Å². The van der Waals surface area contributed by atoms with Crippen molar-refractivity contribution < 1.29 is 4.74 Å². The first-order chi connectivity index (χ1) is 6.75. The highest BCUT2D eigenvalue weighted by Gasteiger charge is 2.17. The lowest BCUT2D eigenvalue weighted by Gasteiger charge is -2.13. The molecule has 0 spiro atoms. The highest BCUT2D eigenvalue weighted by Crippen LogP contribution is 2.28. The molecule has 0 bridgehead atoms. The van der Waals surface area contributed by atoms with E-state index in [1.807, 2.05) is 0 Å². The third-order valence-electron chi connectivity index (χ3n) is 2.26. The van der Waals surface area contributed by atoms with E-state index in [0.29, 0.717) is 16.5 Å². The molecule has 0 saturated carbocycles. The minimum absolute atomic E-state index is 0.217. The third kappa shape index (κ3) is 2.11. The number of ether oxygens (including phenoxy) is 1. The van der Waals surface area contributed by atoms with Gasteiger partial charge >= 0.3 is 0 Å². The summed E-state index contributed by atoms with van der Waals surface area (Å²) in [5.74, 6) is 0.681. The molecule has 0 amide bonds. The summed E-state index contributed by atoms with van der Waals surface area (Å²) in [6.45, 7) is 1.88. The molecule has 0 radical (unpaired) electrons. The van der Waals surface area contributed by atoms with Crippen molar-refractivity contribution >= 4 is 17.3 Å². The number of nitrogens with one attached hydrogen (secondary N) is 1. The Morgan fingerprint density at radius 1 is 1.50 bits per heavy atom. The van der Waals surface area contributed by atoms with E-state index < -0.39 is 0 Å². The second-order valence-corrected chi connectivity index (χ2v) is 3.83. The Morgan fingerprint density at radius 3 is 3.07 bits per heavy atom. The van der Waals surface area contributed by atoms with Crippen molar-refractivity contribution in [1.29, 1.82) is 0 Å². The first kappa shape index (κ1) is 9.62. The second kappa shape index (κ2) is 4.07. The van der Waals surface area contributed by atoms with Gasteiger partial charge in [-0.1, -0.05) is 11.6 Å². The van der Waals surface area contributed by atoms with Gasteiger partial charge in [0.15, 0.2) is 0 Å². The van der Waals surface area contributed by atoms with Crippen LogP contribution in [0.25, 0.3) is 0 Å². The molecule has 1 aliphatic heterocycles. The van der Waals surface area contributed by atoms with Crippen LogP contribution in [0.15, 0.2) is 18.2 Å². The number of nitrogens with two attached hydrogens (primary N) is 1. The maximum absolute atomic E-state index is 5.97. The van der Waals surface area contributed by atoms with Gasteiger partial charge in [0.25, 0.3) is 0 Å². The van der Waals surface area contributed by atoms with Crippen molar-refractivity contribution in [3.05, 3.63) is 23.2 Å². The molecule has 1 heterocycles. The van der Waals surface area contributed by atoms with E-state index in [2.05, 4.69) is 5.32 Å². The first-order valence-corrected chi connectivity index (χ1v) is 5.06. The van der Waals surface area contributed by atoms with Crippen LogP contribution >= 0.6 is 11.6 Å². The predicted octanol–water partition coefficient (Wildman–Crippen LogP) is 1.66. The molecule has 0 aliphatic carbocycles. The standard InChI is InChI=1S/C10H13ClN2O/c11-9-2-1-7(12)5-10(9)14-8-3-4-13-6-8/h1-2,5,8,13H,3-4,6,12H2/t8-/m1/s1. The smallest absolute Gasteiger partial charge is 0.140 e. The van der Waals surface area contributed by atoms with Gasteiger partial charge in [0.1, 0.15) is 11.9 Å². The zero-order valence-electron chi connectivity index (χ0n) is 7.79. The second-order valence-electron chi connectivity index (χ2n) is 3.42. The van der Waals surface area contributed by atoms with Gasteiger partial charge in [0.2, 0.25) is 0 Å². The minimum Gasteiger partial charge on any atom is -0.487 e. The lowest BCUT2D eigenvalue weighted by molar-refractivity contribution is 0.223. The molecule has 2 rings (SSSR count). The fourth-order valence-electron chi connectivity index (χ4n) is 1.52. The summed E-state index contributed by atoms with van der Waals surface area (Å²) < 4.78 is 5.71. The number of hydrogen-bond acceptors (Lipinski definition) is 3. The van der Waals surface area contributed by atoms with E-state index in [-0.39, 0.29) is 6.10 Å². The normalized spacial score (nSPS) is 21.1. The van der Waals surface area contributed by atoms with Gasteiger partial charge in [-0.2, -0.15) is 0 Å². The number of hydrogen-bond donors (Lipinski definition) is 2. The molecule has 1 saturated heterocycles. The van der Waals surface area contributed by atoms with Crippen LogP contribution in [0.5, 0.6) is 5.75 Å². The average Bonchev–Trinajstić information content (AvgIpc) is 2.64. The number of nitrogen functional groups attached to an aromatic ring is 1. The molecule has 76 valence electrons. The lowest BCUT2D eigenvalue weighted by Crippen LogP contribution is -2.19. The molecular formula is C10H13ClN2O. The summed E-state index contributed by atoms with van der Waals surface area (Å²) in [7, 11) is 0. The molecule has 0 aromatic heterocycles. The van der Waals surface area contributed by atoms with Gasteiger partial charge in [-0.05, 0) is 25.1 Å². The maximum atomic E-state index is 5.97. The average molecular weight is 213 g/mol. The van der Waals surface area contributed by atoms with Crippen LogP contribution in [0.3, 0.4) is 0 Å². The number of benzene rings is 1. The van der Waals surface area contributed by atoms with Crippen molar-refractivity contribution in [2.24, 2.45) is 0 Å². The first-order valence-electron chi connectivity index (χ1n) is 4.68. The van der Waals surface area contributed by atoms with Crippen molar-refractivity contribution in [2.45, 2.75) is 12.5 Å². The summed E-state index contributed by atoms with van der Waals surface area (Å²) in [5.41, 5.74) is 6.32. The zero-order valence-corrected chi connectivity index (χ0v) is 8.55. The number of rotatable bonds is 2. The molecule has 1 aliphatic rings. The summed E-state index contributed by atoms with van der Waals surface area (Å²) in [6.07, 6.45) is 1.24. The SMILES string of the molecule is Nc1ccc(Cl)c(O[C@@H]2CCNC2)c1. The zero-order chi connectivity index (χ0) is 9.97. The fraction of sp³-hybridized carbons (Fsp3) is 0.400. The molecule has 1 atom stereocenters. The Balaban J connectivity index is 2.10. The van der Waals surface area contributed by atoms with Crippen LogP contribution in [0.1, 0.15) is 6.42 Å². The Labute approximate surface area is 88.2 Å². The van der Waals surface area contributed by atoms with E-state index in [1.54, 1.807) is 18.2 Å². The largest absolute Gasteiger partial charge is 0.487 e. The van der Waals surface area contributed by atoms with Crippen LogP contribution in [0.4, 0.5) is 5.69 Å². The maximum Gasteiger partial charge on any atom is 0.140 e. The quantitative estimate of drug-likeness (QED) is 0.734. The van der Waals surface area contributed by atoms with Crippen LogP contribution in [0.2, 0.25) is 5.02 Å². The molecule has 1 aromatic rings. The highest BCUT2D eigenvalue weighted by molar-refractivity contribution is 6.32. The highest BCUT2D eigenvalue weighted by atomic mass is 35.5.